The first-order valence-corrected chi connectivity index (χ1v) is 8.41. The molecule has 0 spiro atoms. The monoisotopic (exact) mass is 338 g/mol. The number of ether oxygens (including phenoxy) is 1. The first-order valence-electron chi connectivity index (χ1n) is 7.60. The lowest BCUT2D eigenvalue weighted by Crippen LogP contribution is -2.00. The molecule has 5 nitrogen and oxygen atoms in total. The van der Waals surface area contributed by atoms with E-state index in [1.807, 2.05) is 32.0 Å². The summed E-state index contributed by atoms with van der Waals surface area (Å²) in [6.07, 6.45) is 2.26. The fourth-order valence-electron chi connectivity index (χ4n) is 2.71. The first-order chi connectivity index (χ1) is 11.6. The second-order valence-electron chi connectivity index (χ2n) is 5.46. The highest BCUT2D eigenvalue weighted by Crippen LogP contribution is 2.33. The van der Waals surface area contributed by atoms with Crippen LogP contribution in [0.25, 0.3) is 21.2 Å². The molecule has 3 aromatic heterocycles. The van der Waals surface area contributed by atoms with Gasteiger partial charge in [-0.2, -0.15) is 0 Å². The van der Waals surface area contributed by atoms with Crippen molar-refractivity contribution in [3.05, 3.63) is 57.5 Å². The third kappa shape index (κ3) is 2.55. The lowest BCUT2D eigenvalue weighted by molar-refractivity contribution is 0.466. The van der Waals surface area contributed by atoms with Crippen LogP contribution in [0.1, 0.15) is 17.4 Å². The van der Waals surface area contributed by atoms with Gasteiger partial charge in [-0.05, 0) is 37.1 Å². The largest absolute Gasteiger partial charge is 0.438 e. The van der Waals surface area contributed by atoms with Gasteiger partial charge in [-0.15, -0.1) is 11.3 Å². The fourth-order valence-corrected chi connectivity index (χ4v) is 3.55. The third-order valence-corrected chi connectivity index (χ3v) is 4.77. The topological polar surface area (TPSA) is 65.2 Å². The van der Waals surface area contributed by atoms with Crippen molar-refractivity contribution >= 4 is 32.5 Å². The zero-order chi connectivity index (χ0) is 16.7. The summed E-state index contributed by atoms with van der Waals surface area (Å²) in [5.41, 5.74) is 1.13. The van der Waals surface area contributed by atoms with Crippen LogP contribution in [0.5, 0.6) is 11.6 Å². The van der Waals surface area contributed by atoms with Crippen molar-refractivity contribution in [2.24, 2.45) is 0 Å². The maximum atomic E-state index is 11.7. The van der Waals surface area contributed by atoms with Crippen molar-refractivity contribution in [2.45, 2.75) is 20.3 Å². The minimum atomic E-state index is -0.352. The predicted octanol–water partition coefficient (Wildman–Crippen LogP) is 4.46. The molecule has 0 bridgehead atoms. The molecule has 0 atom stereocenters. The maximum Gasteiger partial charge on any atom is 0.336 e. The van der Waals surface area contributed by atoms with Crippen LogP contribution in [0.15, 0.2) is 45.9 Å². The van der Waals surface area contributed by atoms with E-state index < -0.39 is 0 Å². The molecule has 0 radical (unpaired) electrons. The van der Waals surface area contributed by atoms with Gasteiger partial charge in [0.25, 0.3) is 0 Å². The Labute approximate surface area is 141 Å². The first kappa shape index (κ1) is 14.8. The van der Waals surface area contributed by atoms with Crippen LogP contribution >= 0.6 is 11.3 Å². The molecule has 1 aromatic carbocycles. The van der Waals surface area contributed by atoms with Gasteiger partial charge in [0.1, 0.15) is 22.5 Å². The lowest BCUT2D eigenvalue weighted by Gasteiger charge is -2.07. The molecule has 0 saturated carbocycles. The average molecular weight is 338 g/mol. The maximum absolute atomic E-state index is 11.7. The molecular formula is C18H14N2O3S. The number of nitrogens with zero attached hydrogens (tertiary/aromatic N) is 2. The second-order valence-corrected chi connectivity index (χ2v) is 6.69. The summed E-state index contributed by atoms with van der Waals surface area (Å²) in [6, 6.07) is 9.03. The van der Waals surface area contributed by atoms with Gasteiger partial charge < -0.3 is 9.15 Å². The fraction of sp³-hybridized carbons (Fsp3) is 0.167. The zero-order valence-electron chi connectivity index (χ0n) is 13.2. The second kappa shape index (κ2) is 5.72. The van der Waals surface area contributed by atoms with E-state index in [1.54, 1.807) is 17.4 Å². The van der Waals surface area contributed by atoms with E-state index in [2.05, 4.69) is 9.97 Å². The molecule has 6 heteroatoms. The van der Waals surface area contributed by atoms with Gasteiger partial charge in [-0.1, -0.05) is 6.92 Å². The quantitative estimate of drug-likeness (QED) is 0.516. The Balaban J connectivity index is 1.80. The van der Waals surface area contributed by atoms with Gasteiger partial charge in [0.2, 0.25) is 5.88 Å². The molecule has 0 aliphatic carbocycles. The SMILES string of the molecule is CCc1cc(=O)oc2cc(Oc3ncnc4sc(C)cc34)ccc12. The van der Waals surface area contributed by atoms with Crippen molar-refractivity contribution in [1.82, 2.24) is 9.97 Å². The molecular weight excluding hydrogens is 324 g/mol. The van der Waals surface area contributed by atoms with Gasteiger partial charge >= 0.3 is 5.63 Å². The van der Waals surface area contributed by atoms with Gasteiger partial charge in [-0.3, -0.25) is 0 Å². The summed E-state index contributed by atoms with van der Waals surface area (Å²) < 4.78 is 11.2. The van der Waals surface area contributed by atoms with E-state index in [1.165, 1.54) is 12.4 Å². The van der Waals surface area contributed by atoms with Gasteiger partial charge in [0, 0.05) is 22.4 Å². The number of aromatic nitrogens is 2. The minimum absolute atomic E-state index is 0.352. The Bertz CT molecular complexity index is 1110. The smallest absolute Gasteiger partial charge is 0.336 e. The summed E-state index contributed by atoms with van der Waals surface area (Å²) in [4.78, 5) is 22.2. The molecule has 0 aliphatic heterocycles. The van der Waals surface area contributed by atoms with Crippen LogP contribution in [-0.2, 0) is 6.42 Å². The Morgan fingerprint density at radius 1 is 1.17 bits per heavy atom. The number of fused-ring (bicyclic) bond motifs is 2. The number of aryl methyl sites for hydroxylation is 2. The zero-order valence-corrected chi connectivity index (χ0v) is 14.0. The highest BCUT2D eigenvalue weighted by atomic mass is 32.1. The van der Waals surface area contributed by atoms with Crippen LogP contribution in [0.4, 0.5) is 0 Å². The average Bonchev–Trinajstić information content (AvgIpc) is 2.95. The molecule has 0 unspecified atom stereocenters. The normalized spacial score (nSPS) is 11.2. The standard InChI is InChI=1S/C18H14N2O3S/c1-3-11-7-16(21)23-15-8-12(4-5-13(11)15)22-17-14-6-10(2)24-18(14)20-9-19-17/h4-9H,3H2,1-2H3. The number of hydrogen-bond donors (Lipinski definition) is 0. The van der Waals surface area contributed by atoms with E-state index in [4.69, 9.17) is 9.15 Å². The third-order valence-electron chi connectivity index (χ3n) is 3.81. The van der Waals surface area contributed by atoms with Gasteiger partial charge in [0.05, 0.1) is 5.39 Å². The van der Waals surface area contributed by atoms with Crippen molar-refractivity contribution in [1.29, 1.82) is 0 Å². The Morgan fingerprint density at radius 2 is 2.04 bits per heavy atom. The lowest BCUT2D eigenvalue weighted by atomic mass is 10.1. The van der Waals surface area contributed by atoms with E-state index in [0.29, 0.717) is 17.2 Å². The highest BCUT2D eigenvalue weighted by Gasteiger charge is 2.11. The van der Waals surface area contributed by atoms with Crippen molar-refractivity contribution in [3.63, 3.8) is 0 Å². The Kier molecular flexibility index (Phi) is 3.54. The van der Waals surface area contributed by atoms with Crippen LogP contribution in [0.3, 0.4) is 0 Å². The molecule has 0 saturated heterocycles. The van der Waals surface area contributed by atoms with Crippen LogP contribution in [-0.4, -0.2) is 9.97 Å². The molecule has 3 heterocycles. The molecule has 24 heavy (non-hydrogen) atoms. The van der Waals surface area contributed by atoms with Crippen molar-refractivity contribution in [2.75, 3.05) is 0 Å². The highest BCUT2D eigenvalue weighted by molar-refractivity contribution is 7.18. The number of benzene rings is 1. The summed E-state index contributed by atoms with van der Waals surface area (Å²) in [7, 11) is 0. The number of hydrogen-bond acceptors (Lipinski definition) is 6. The van der Waals surface area contributed by atoms with Crippen molar-refractivity contribution in [3.8, 4) is 11.6 Å². The van der Waals surface area contributed by atoms with E-state index >= 15 is 0 Å². The van der Waals surface area contributed by atoms with E-state index in [0.717, 1.165) is 32.5 Å². The summed E-state index contributed by atoms with van der Waals surface area (Å²) in [6.45, 7) is 4.03. The number of thiophene rings is 1. The van der Waals surface area contributed by atoms with E-state index in [-0.39, 0.29) is 5.63 Å². The van der Waals surface area contributed by atoms with Crippen LogP contribution < -0.4 is 10.4 Å². The Morgan fingerprint density at radius 3 is 2.88 bits per heavy atom. The number of rotatable bonds is 3. The van der Waals surface area contributed by atoms with E-state index in [9.17, 15) is 4.79 Å². The molecule has 120 valence electrons. The van der Waals surface area contributed by atoms with Gasteiger partial charge in [0.15, 0.2) is 0 Å². The predicted molar refractivity (Wildman–Crippen MR) is 94.1 cm³/mol. The minimum Gasteiger partial charge on any atom is -0.438 e. The van der Waals surface area contributed by atoms with Gasteiger partial charge in [-0.25, -0.2) is 14.8 Å². The molecule has 0 N–H and O–H groups in total. The molecule has 0 fully saturated rings. The molecule has 0 aliphatic rings. The van der Waals surface area contributed by atoms with Crippen molar-refractivity contribution < 1.29 is 9.15 Å². The molecule has 0 amide bonds. The summed E-state index contributed by atoms with van der Waals surface area (Å²) >= 11 is 1.60. The van der Waals surface area contributed by atoms with Crippen LogP contribution in [0, 0.1) is 6.92 Å². The summed E-state index contributed by atoms with van der Waals surface area (Å²) in [5.74, 6) is 1.07. The van der Waals surface area contributed by atoms with Crippen LogP contribution in [0.2, 0.25) is 0 Å². The molecule has 4 aromatic rings. The molecule has 4 rings (SSSR count). The Hall–Kier alpha value is -2.73. The summed E-state index contributed by atoms with van der Waals surface area (Å²) in [5, 5.41) is 1.80.